The first-order chi connectivity index (χ1) is 13.6. The van der Waals surface area contributed by atoms with Crippen molar-refractivity contribution >= 4 is 5.96 Å². The van der Waals surface area contributed by atoms with Crippen molar-refractivity contribution in [2.45, 2.75) is 19.6 Å². The molecule has 7 nitrogen and oxygen atoms in total. The van der Waals surface area contributed by atoms with Gasteiger partial charge in [-0.05, 0) is 42.8 Å². The number of nitrogens with zero attached hydrogens (tertiary/aromatic N) is 4. The van der Waals surface area contributed by atoms with Crippen LogP contribution in [0.3, 0.4) is 0 Å². The molecule has 8 heteroatoms. The highest BCUT2D eigenvalue weighted by atomic mass is 19.1. The molecule has 0 aliphatic carbocycles. The van der Waals surface area contributed by atoms with Crippen LogP contribution in [0.15, 0.2) is 66.0 Å². The van der Waals surface area contributed by atoms with E-state index in [9.17, 15) is 4.39 Å². The Morgan fingerprint density at radius 3 is 2.86 bits per heavy atom. The standard InChI is InChI=1S/C20H23FN6O/c1-15(28-18-6-3-5-17(21)12-18)13-24-20(22-2)25-14-16-7-9-23-19(11-16)27-10-4-8-26-27/h3-12,15H,13-14H2,1-2H3,(H2,22,24,25). The molecule has 1 atom stereocenters. The second-order valence-electron chi connectivity index (χ2n) is 6.17. The Kier molecular flexibility index (Phi) is 6.56. The van der Waals surface area contributed by atoms with E-state index in [1.165, 1.54) is 12.1 Å². The summed E-state index contributed by atoms with van der Waals surface area (Å²) in [5.74, 6) is 1.58. The number of ether oxygens (including phenoxy) is 1. The van der Waals surface area contributed by atoms with Gasteiger partial charge in [0.2, 0.25) is 0 Å². The number of guanidine groups is 1. The molecule has 0 aliphatic heterocycles. The van der Waals surface area contributed by atoms with Crippen molar-refractivity contribution in [2.75, 3.05) is 13.6 Å². The van der Waals surface area contributed by atoms with Crippen molar-refractivity contribution in [3.63, 3.8) is 0 Å². The Hall–Kier alpha value is -3.42. The molecule has 2 heterocycles. The summed E-state index contributed by atoms with van der Waals surface area (Å²) in [7, 11) is 1.70. The van der Waals surface area contributed by atoms with Crippen LogP contribution in [0.4, 0.5) is 4.39 Å². The van der Waals surface area contributed by atoms with E-state index < -0.39 is 0 Å². The zero-order chi connectivity index (χ0) is 19.8. The number of aliphatic imine (C=N–C) groups is 1. The summed E-state index contributed by atoms with van der Waals surface area (Å²) in [5, 5.41) is 10.6. The molecule has 0 amide bonds. The fourth-order valence-corrected chi connectivity index (χ4v) is 2.56. The van der Waals surface area contributed by atoms with Crippen LogP contribution in [0.2, 0.25) is 0 Å². The molecule has 1 unspecified atom stereocenters. The third-order valence-electron chi connectivity index (χ3n) is 3.92. The Labute approximate surface area is 163 Å². The number of hydrogen-bond donors (Lipinski definition) is 2. The van der Waals surface area contributed by atoms with E-state index in [2.05, 4.69) is 25.7 Å². The fraction of sp³-hybridized carbons (Fsp3) is 0.250. The van der Waals surface area contributed by atoms with E-state index in [0.717, 1.165) is 11.4 Å². The molecular weight excluding hydrogens is 359 g/mol. The van der Waals surface area contributed by atoms with Crippen LogP contribution in [-0.2, 0) is 6.54 Å². The number of hydrogen-bond acceptors (Lipinski definition) is 4. The molecule has 0 saturated carbocycles. The molecular formula is C20H23FN6O. The van der Waals surface area contributed by atoms with Gasteiger partial charge in [-0.25, -0.2) is 14.1 Å². The predicted molar refractivity (Wildman–Crippen MR) is 106 cm³/mol. The van der Waals surface area contributed by atoms with Crippen molar-refractivity contribution in [1.82, 2.24) is 25.4 Å². The van der Waals surface area contributed by atoms with Gasteiger partial charge in [0, 0.05) is 38.2 Å². The molecule has 0 bridgehead atoms. The molecule has 0 radical (unpaired) electrons. The third-order valence-corrected chi connectivity index (χ3v) is 3.92. The van der Waals surface area contributed by atoms with Crippen molar-refractivity contribution in [2.24, 2.45) is 4.99 Å². The topological polar surface area (TPSA) is 76.4 Å². The summed E-state index contributed by atoms with van der Waals surface area (Å²) in [4.78, 5) is 8.53. The summed E-state index contributed by atoms with van der Waals surface area (Å²) in [6, 6.07) is 11.9. The van der Waals surface area contributed by atoms with Gasteiger partial charge in [-0.15, -0.1) is 0 Å². The Balaban J connectivity index is 1.49. The predicted octanol–water partition coefficient (Wildman–Crippen LogP) is 2.54. The van der Waals surface area contributed by atoms with Gasteiger partial charge < -0.3 is 15.4 Å². The maximum absolute atomic E-state index is 13.2. The van der Waals surface area contributed by atoms with E-state index in [1.807, 2.05) is 31.3 Å². The fourth-order valence-electron chi connectivity index (χ4n) is 2.56. The van der Waals surface area contributed by atoms with E-state index in [0.29, 0.717) is 24.8 Å². The van der Waals surface area contributed by atoms with E-state index in [-0.39, 0.29) is 11.9 Å². The molecule has 146 valence electrons. The Morgan fingerprint density at radius 1 is 1.21 bits per heavy atom. The molecule has 0 spiro atoms. The summed E-state index contributed by atoms with van der Waals surface area (Å²) < 4.78 is 20.6. The number of pyridine rings is 1. The largest absolute Gasteiger partial charge is 0.489 e. The number of aromatic nitrogens is 3. The summed E-state index contributed by atoms with van der Waals surface area (Å²) in [6.07, 6.45) is 5.15. The van der Waals surface area contributed by atoms with Crippen LogP contribution in [-0.4, -0.2) is 40.4 Å². The zero-order valence-corrected chi connectivity index (χ0v) is 15.8. The van der Waals surface area contributed by atoms with Crippen molar-refractivity contribution < 1.29 is 9.13 Å². The van der Waals surface area contributed by atoms with Crippen LogP contribution in [0.5, 0.6) is 5.75 Å². The maximum atomic E-state index is 13.2. The number of benzene rings is 1. The molecule has 28 heavy (non-hydrogen) atoms. The lowest BCUT2D eigenvalue weighted by Crippen LogP contribution is -2.41. The molecule has 2 N–H and O–H groups in total. The quantitative estimate of drug-likeness (QED) is 0.485. The van der Waals surface area contributed by atoms with Gasteiger partial charge in [-0.1, -0.05) is 6.07 Å². The Bertz CT molecular complexity index is 913. The number of nitrogens with one attached hydrogen (secondary N) is 2. The van der Waals surface area contributed by atoms with E-state index in [1.54, 1.807) is 36.3 Å². The SMILES string of the molecule is CN=C(NCc1ccnc(-n2cccn2)c1)NCC(C)Oc1cccc(F)c1. The average molecular weight is 382 g/mol. The van der Waals surface area contributed by atoms with Gasteiger partial charge in [0.05, 0.1) is 6.54 Å². The lowest BCUT2D eigenvalue weighted by atomic mass is 10.2. The molecule has 3 aromatic rings. The second-order valence-corrected chi connectivity index (χ2v) is 6.17. The molecule has 2 aromatic heterocycles. The van der Waals surface area contributed by atoms with E-state index in [4.69, 9.17) is 4.74 Å². The van der Waals surface area contributed by atoms with Gasteiger partial charge in [0.1, 0.15) is 17.7 Å². The number of rotatable bonds is 7. The summed E-state index contributed by atoms with van der Waals surface area (Å²) in [5.41, 5.74) is 1.05. The van der Waals surface area contributed by atoms with Crippen molar-refractivity contribution in [3.8, 4) is 11.6 Å². The highest BCUT2D eigenvalue weighted by Gasteiger charge is 2.07. The van der Waals surface area contributed by atoms with Gasteiger partial charge >= 0.3 is 0 Å². The highest BCUT2D eigenvalue weighted by Crippen LogP contribution is 2.13. The first-order valence-corrected chi connectivity index (χ1v) is 8.96. The lowest BCUT2D eigenvalue weighted by Gasteiger charge is -2.18. The van der Waals surface area contributed by atoms with E-state index >= 15 is 0 Å². The third kappa shape index (κ3) is 5.54. The van der Waals surface area contributed by atoms with Crippen LogP contribution in [0, 0.1) is 5.82 Å². The first-order valence-electron chi connectivity index (χ1n) is 8.96. The zero-order valence-electron chi connectivity index (χ0n) is 15.8. The molecule has 3 rings (SSSR count). The monoisotopic (exact) mass is 382 g/mol. The summed E-state index contributed by atoms with van der Waals surface area (Å²) in [6.45, 7) is 3.01. The van der Waals surface area contributed by atoms with Crippen LogP contribution in [0.25, 0.3) is 5.82 Å². The highest BCUT2D eigenvalue weighted by molar-refractivity contribution is 5.79. The second kappa shape index (κ2) is 9.50. The van der Waals surface area contributed by atoms with Crippen LogP contribution < -0.4 is 15.4 Å². The van der Waals surface area contributed by atoms with Crippen molar-refractivity contribution in [1.29, 1.82) is 0 Å². The van der Waals surface area contributed by atoms with Gasteiger partial charge in [0.25, 0.3) is 0 Å². The maximum Gasteiger partial charge on any atom is 0.191 e. The molecule has 0 saturated heterocycles. The van der Waals surface area contributed by atoms with Crippen molar-refractivity contribution in [3.05, 3.63) is 72.4 Å². The van der Waals surface area contributed by atoms with Gasteiger partial charge in [-0.3, -0.25) is 4.99 Å². The molecule has 0 aliphatic rings. The minimum atomic E-state index is -0.318. The van der Waals surface area contributed by atoms with Crippen LogP contribution >= 0.6 is 0 Å². The normalized spacial score (nSPS) is 12.5. The smallest absolute Gasteiger partial charge is 0.191 e. The van der Waals surface area contributed by atoms with Crippen LogP contribution in [0.1, 0.15) is 12.5 Å². The average Bonchev–Trinajstić information content (AvgIpc) is 3.23. The first kappa shape index (κ1) is 19.3. The minimum Gasteiger partial charge on any atom is -0.489 e. The lowest BCUT2D eigenvalue weighted by molar-refractivity contribution is 0.223. The minimum absolute atomic E-state index is 0.160. The molecule has 1 aromatic carbocycles. The Morgan fingerprint density at radius 2 is 2.11 bits per heavy atom. The van der Waals surface area contributed by atoms with Gasteiger partial charge in [0.15, 0.2) is 11.8 Å². The molecule has 0 fully saturated rings. The summed E-state index contributed by atoms with van der Waals surface area (Å²) >= 11 is 0. The van der Waals surface area contributed by atoms with Gasteiger partial charge in [-0.2, -0.15) is 5.10 Å². The number of halogens is 1.